The summed E-state index contributed by atoms with van der Waals surface area (Å²) in [4.78, 5) is 4.30. The third-order valence-electron chi connectivity index (χ3n) is 2.26. The molecule has 0 radical (unpaired) electrons. The first kappa shape index (κ1) is 23.5. The monoisotopic (exact) mass is 419 g/mol. The molecule has 148 valence electrons. The number of allylic oxidation sites excluding steroid dienone is 1. The second-order valence-corrected chi connectivity index (χ2v) is 8.09. The van der Waals surface area contributed by atoms with Crippen LogP contribution in [0.2, 0.25) is 0 Å². The smallest absolute Gasteiger partial charge is 0.361 e. The van der Waals surface area contributed by atoms with Crippen LogP contribution < -0.4 is 4.13 Å². The first-order chi connectivity index (χ1) is 11.0. The Bertz CT molecular complexity index is 655. The Hall–Kier alpha value is -1.48. The molecule has 1 rings (SSSR count). The Morgan fingerprint density at radius 3 is 1.72 bits per heavy atom. The summed E-state index contributed by atoms with van der Waals surface area (Å²) in [5.74, 6) is 0. The lowest BCUT2D eigenvalue weighted by molar-refractivity contribution is -0.0476. The van der Waals surface area contributed by atoms with Crippen LogP contribution in [0.4, 0.5) is 26.3 Å². The van der Waals surface area contributed by atoms with Crippen molar-refractivity contribution in [2.45, 2.75) is 24.4 Å². The normalized spacial score (nSPS) is 16.3. The summed E-state index contributed by atoms with van der Waals surface area (Å²) in [5.41, 5.74) is -12.3. The topological polar surface area (TPSA) is 86.8 Å². The predicted octanol–water partition coefficient (Wildman–Crippen LogP) is 1.86. The van der Waals surface area contributed by atoms with E-state index in [1.165, 1.54) is 0 Å². The number of nitrogens with zero attached hydrogens (tertiary/aromatic N) is 2. The van der Waals surface area contributed by atoms with Crippen molar-refractivity contribution in [1.82, 2.24) is 13.9 Å². The number of alkyl halides is 6. The van der Waals surface area contributed by atoms with Gasteiger partial charge in [-0.25, -0.2) is 16.8 Å². The molecule has 1 N–H and O–H groups in total. The van der Waals surface area contributed by atoms with Crippen LogP contribution in [0.1, 0.15) is 13.3 Å². The quantitative estimate of drug-likeness (QED) is 0.700. The van der Waals surface area contributed by atoms with Crippen molar-refractivity contribution in [3.05, 3.63) is 24.7 Å². The lowest BCUT2D eigenvalue weighted by Gasteiger charge is -2.12. The zero-order valence-corrected chi connectivity index (χ0v) is 14.5. The van der Waals surface area contributed by atoms with E-state index in [0.717, 1.165) is 13.1 Å². The molecule has 0 saturated carbocycles. The van der Waals surface area contributed by atoms with Crippen molar-refractivity contribution in [3.63, 3.8) is 0 Å². The van der Waals surface area contributed by atoms with Gasteiger partial charge in [0.1, 0.15) is 0 Å². The molecule has 0 aromatic heterocycles. The fourth-order valence-corrected chi connectivity index (χ4v) is 3.04. The average molecular weight is 419 g/mol. The van der Waals surface area contributed by atoms with Gasteiger partial charge in [0.2, 0.25) is 0 Å². The summed E-state index contributed by atoms with van der Waals surface area (Å²) in [6.45, 7) is 3.12. The van der Waals surface area contributed by atoms with Crippen molar-refractivity contribution in [1.29, 1.82) is 0 Å². The summed E-state index contributed by atoms with van der Waals surface area (Å²) in [5, 5.41) is 0. The molecule has 0 aromatic carbocycles. The molecule has 0 aromatic rings. The molecule has 1 aliphatic rings. The summed E-state index contributed by atoms with van der Waals surface area (Å²) >= 11 is 0. The van der Waals surface area contributed by atoms with Crippen LogP contribution in [0.15, 0.2) is 24.7 Å². The van der Waals surface area contributed by atoms with E-state index in [-0.39, 0.29) is 0 Å². The molecule has 0 spiro atoms. The Labute approximate surface area is 140 Å². The van der Waals surface area contributed by atoms with Gasteiger partial charge in [-0.15, -0.1) is 0 Å². The zero-order chi connectivity index (χ0) is 20.1. The second-order valence-electron chi connectivity index (χ2n) is 4.49. The van der Waals surface area contributed by atoms with Gasteiger partial charge < -0.3 is 9.80 Å². The fourth-order valence-electron chi connectivity index (χ4n) is 1.13. The number of rotatable bonds is 4. The van der Waals surface area contributed by atoms with E-state index >= 15 is 0 Å². The summed E-state index contributed by atoms with van der Waals surface area (Å²) in [6.07, 6.45) is 9.52. The summed E-state index contributed by atoms with van der Waals surface area (Å²) in [6, 6.07) is 0. The summed E-state index contributed by atoms with van der Waals surface area (Å²) < 4.78 is 108. The molecule has 1 aliphatic heterocycles. The molecule has 0 amide bonds. The van der Waals surface area contributed by atoms with Gasteiger partial charge in [0.15, 0.2) is 0 Å². The third-order valence-corrected chi connectivity index (χ3v) is 5.23. The molecule has 0 unspecified atom stereocenters. The SMILES string of the molecule is CCC=CN1C=CN(C)C1.O=S(=O)(NS(=O)(=O)C(F)(F)F)C(F)(F)F. The zero-order valence-electron chi connectivity index (χ0n) is 12.8. The summed E-state index contributed by atoms with van der Waals surface area (Å²) in [7, 11) is -11.1. The predicted molar refractivity (Wildman–Crippen MR) is 76.1 cm³/mol. The van der Waals surface area contributed by atoms with Crippen molar-refractivity contribution in [3.8, 4) is 0 Å². The van der Waals surface area contributed by atoms with Gasteiger partial charge in [-0.2, -0.15) is 26.3 Å². The highest BCUT2D eigenvalue weighted by Gasteiger charge is 2.55. The van der Waals surface area contributed by atoms with Gasteiger partial charge in [0.25, 0.3) is 0 Å². The highest BCUT2D eigenvalue weighted by atomic mass is 32.3. The standard InChI is InChI=1S/C8H14N2.C2HF6NO4S2/c1-3-4-5-10-7-6-9(2)8-10;3-1(4,5)14(10,11)9-15(12,13)2(6,7)8/h4-7H,3,8H2,1-2H3;9H. The van der Waals surface area contributed by atoms with E-state index in [4.69, 9.17) is 0 Å². The van der Waals surface area contributed by atoms with Crippen LogP contribution in [-0.4, -0.2) is 51.4 Å². The molecule has 25 heavy (non-hydrogen) atoms. The molecule has 0 aliphatic carbocycles. The van der Waals surface area contributed by atoms with Crippen molar-refractivity contribution < 1.29 is 43.2 Å². The van der Waals surface area contributed by atoms with E-state index in [0.29, 0.717) is 0 Å². The highest BCUT2D eigenvalue weighted by Crippen LogP contribution is 2.27. The second kappa shape index (κ2) is 8.27. The van der Waals surface area contributed by atoms with Crippen molar-refractivity contribution in [2.75, 3.05) is 13.7 Å². The van der Waals surface area contributed by atoms with Crippen molar-refractivity contribution in [2.24, 2.45) is 0 Å². The Kier molecular flexibility index (Phi) is 7.78. The molecule has 0 bridgehead atoms. The minimum Gasteiger partial charge on any atom is -0.361 e. The first-order valence-electron chi connectivity index (χ1n) is 6.25. The largest absolute Gasteiger partial charge is 0.512 e. The molecule has 1 heterocycles. The minimum atomic E-state index is -6.60. The molecule has 7 nitrogen and oxygen atoms in total. The molecular weight excluding hydrogens is 404 g/mol. The van der Waals surface area contributed by atoms with Gasteiger partial charge in [-0.1, -0.05) is 17.1 Å². The van der Waals surface area contributed by atoms with E-state index in [9.17, 15) is 43.2 Å². The number of hydrogen-bond acceptors (Lipinski definition) is 6. The molecule has 0 saturated heterocycles. The molecule has 15 heteroatoms. The lowest BCUT2D eigenvalue weighted by Crippen LogP contribution is -2.45. The number of nitrogens with one attached hydrogen (secondary N) is 1. The minimum absolute atomic E-state index is 0.493. The van der Waals surface area contributed by atoms with E-state index in [1.807, 2.05) is 0 Å². The van der Waals surface area contributed by atoms with Crippen LogP contribution in [-0.2, 0) is 20.0 Å². The van der Waals surface area contributed by atoms with Crippen LogP contribution >= 0.6 is 0 Å². The van der Waals surface area contributed by atoms with Crippen LogP contribution in [0.3, 0.4) is 0 Å². The lowest BCUT2D eigenvalue weighted by atomic mass is 10.5. The Morgan fingerprint density at radius 2 is 1.44 bits per heavy atom. The highest BCUT2D eigenvalue weighted by molar-refractivity contribution is 8.05. The van der Waals surface area contributed by atoms with Crippen molar-refractivity contribution >= 4 is 20.0 Å². The molecule has 0 atom stereocenters. The average Bonchev–Trinajstić information content (AvgIpc) is 2.79. The van der Waals surface area contributed by atoms with Crippen LogP contribution in [0.5, 0.6) is 0 Å². The van der Waals surface area contributed by atoms with Gasteiger partial charge >= 0.3 is 31.1 Å². The first-order valence-corrected chi connectivity index (χ1v) is 9.22. The van der Waals surface area contributed by atoms with Crippen LogP contribution in [0.25, 0.3) is 0 Å². The molecular formula is C10H15F6N3O4S2. The van der Waals surface area contributed by atoms with Gasteiger partial charge in [-0.3, -0.25) is 0 Å². The number of sulfonamides is 2. The van der Waals surface area contributed by atoms with E-state index in [1.54, 1.807) is 0 Å². The van der Waals surface area contributed by atoms with Gasteiger partial charge in [0, 0.05) is 25.6 Å². The maximum absolute atomic E-state index is 11.5. The Balaban J connectivity index is 0.000000496. The van der Waals surface area contributed by atoms with Gasteiger partial charge in [-0.05, 0) is 6.42 Å². The number of halogens is 6. The van der Waals surface area contributed by atoms with Gasteiger partial charge in [0.05, 0.1) is 6.67 Å². The van der Waals surface area contributed by atoms with Crippen LogP contribution in [0, 0.1) is 0 Å². The van der Waals surface area contributed by atoms with E-state index in [2.05, 4.69) is 48.4 Å². The maximum atomic E-state index is 11.5. The number of hydrogen-bond donors (Lipinski definition) is 1. The fraction of sp³-hybridized carbons (Fsp3) is 0.600. The maximum Gasteiger partial charge on any atom is 0.512 e. The Morgan fingerprint density at radius 1 is 1.00 bits per heavy atom. The molecule has 0 fully saturated rings. The third kappa shape index (κ3) is 7.52. The van der Waals surface area contributed by atoms with E-state index < -0.39 is 35.2 Å².